The number of rotatable bonds is 4. The van der Waals surface area contributed by atoms with Crippen LogP contribution >= 0.6 is 23.1 Å². The third-order valence-electron chi connectivity index (χ3n) is 3.38. The fourth-order valence-corrected chi connectivity index (χ4v) is 4.05. The Morgan fingerprint density at radius 3 is 3.05 bits per heavy atom. The molecule has 1 amide bonds. The Morgan fingerprint density at radius 2 is 2.29 bits per heavy atom. The Balaban J connectivity index is 1.62. The predicted octanol–water partition coefficient (Wildman–Crippen LogP) is 3.45. The van der Waals surface area contributed by atoms with Crippen LogP contribution < -0.4 is 10.6 Å². The number of carbonyl (C=O) groups excluding carboxylic acids is 1. The lowest BCUT2D eigenvalue weighted by Gasteiger charge is -2.22. The zero-order chi connectivity index (χ0) is 14.5. The van der Waals surface area contributed by atoms with Gasteiger partial charge in [-0.1, -0.05) is 18.2 Å². The molecule has 0 radical (unpaired) electrons. The summed E-state index contributed by atoms with van der Waals surface area (Å²) in [6, 6.07) is 12.5. The largest absolute Gasteiger partial charge is 0.326 e. The minimum atomic E-state index is 0.0818. The molecule has 1 aromatic heterocycles. The van der Waals surface area contributed by atoms with Crippen LogP contribution in [0.5, 0.6) is 0 Å². The van der Waals surface area contributed by atoms with Crippen LogP contribution in [0.2, 0.25) is 0 Å². The van der Waals surface area contributed by atoms with E-state index in [1.54, 1.807) is 11.3 Å². The Bertz CT molecular complexity index is 592. The summed E-state index contributed by atoms with van der Waals surface area (Å²) in [6.45, 7) is 0.997. The van der Waals surface area contributed by atoms with Gasteiger partial charge in [-0.05, 0) is 29.1 Å². The third-order valence-corrected chi connectivity index (χ3v) is 5.43. The van der Waals surface area contributed by atoms with E-state index in [4.69, 9.17) is 0 Å². The molecule has 2 N–H and O–H groups in total. The van der Waals surface area contributed by atoms with E-state index in [9.17, 15) is 4.79 Å². The van der Waals surface area contributed by atoms with Crippen molar-refractivity contribution in [2.75, 3.05) is 23.4 Å². The molecule has 1 saturated heterocycles. The minimum Gasteiger partial charge on any atom is -0.326 e. The molecule has 0 aliphatic carbocycles. The van der Waals surface area contributed by atoms with Gasteiger partial charge < -0.3 is 10.6 Å². The molecule has 21 heavy (non-hydrogen) atoms. The van der Waals surface area contributed by atoms with Crippen LogP contribution in [0.1, 0.15) is 6.42 Å². The molecule has 2 heterocycles. The van der Waals surface area contributed by atoms with Gasteiger partial charge in [0.1, 0.15) is 0 Å². The topological polar surface area (TPSA) is 41.1 Å². The first kappa shape index (κ1) is 14.6. The highest BCUT2D eigenvalue weighted by Crippen LogP contribution is 2.26. The van der Waals surface area contributed by atoms with Crippen molar-refractivity contribution in [3.63, 3.8) is 0 Å². The van der Waals surface area contributed by atoms with Gasteiger partial charge in [-0.2, -0.15) is 11.8 Å². The number of nitrogens with one attached hydrogen (secondary N) is 2. The molecule has 3 rings (SSSR count). The Morgan fingerprint density at radius 1 is 1.33 bits per heavy atom. The quantitative estimate of drug-likeness (QED) is 0.907. The lowest BCUT2D eigenvalue weighted by atomic mass is 10.1. The monoisotopic (exact) mass is 318 g/mol. The Kier molecular flexibility index (Phi) is 4.95. The summed E-state index contributed by atoms with van der Waals surface area (Å²) in [5.41, 5.74) is 2.02. The van der Waals surface area contributed by atoms with Crippen LogP contribution in [0.25, 0.3) is 10.4 Å². The van der Waals surface area contributed by atoms with E-state index in [0.29, 0.717) is 12.5 Å². The number of hydrogen-bond acceptors (Lipinski definition) is 4. The Labute approximate surface area is 133 Å². The van der Waals surface area contributed by atoms with Gasteiger partial charge >= 0.3 is 0 Å². The number of thiophene rings is 1. The number of hydrogen-bond donors (Lipinski definition) is 2. The maximum Gasteiger partial charge on any atom is 0.225 e. The van der Waals surface area contributed by atoms with E-state index in [0.717, 1.165) is 29.3 Å². The molecule has 110 valence electrons. The van der Waals surface area contributed by atoms with Crippen molar-refractivity contribution in [2.24, 2.45) is 0 Å². The molecule has 5 heteroatoms. The molecule has 1 unspecified atom stereocenters. The first-order valence-corrected chi connectivity index (χ1v) is 9.09. The van der Waals surface area contributed by atoms with E-state index in [1.807, 2.05) is 36.0 Å². The van der Waals surface area contributed by atoms with Crippen molar-refractivity contribution in [3.8, 4) is 10.4 Å². The zero-order valence-corrected chi connectivity index (χ0v) is 13.3. The van der Waals surface area contributed by atoms with Crippen molar-refractivity contribution in [1.29, 1.82) is 0 Å². The van der Waals surface area contributed by atoms with Crippen LogP contribution in [-0.4, -0.2) is 30.0 Å². The normalized spacial score (nSPS) is 18.4. The second-order valence-corrected chi connectivity index (χ2v) is 7.13. The summed E-state index contributed by atoms with van der Waals surface area (Å²) < 4.78 is 0. The molecular weight excluding hydrogens is 300 g/mol. The van der Waals surface area contributed by atoms with Gasteiger partial charge in [-0.15, -0.1) is 11.3 Å². The average Bonchev–Trinajstić information content (AvgIpc) is 3.02. The molecular formula is C16H18N2OS2. The summed E-state index contributed by atoms with van der Waals surface area (Å²) in [7, 11) is 0. The van der Waals surface area contributed by atoms with Crippen LogP contribution in [0.15, 0.2) is 41.8 Å². The lowest BCUT2D eigenvalue weighted by molar-refractivity contribution is -0.116. The molecule has 1 fully saturated rings. The van der Waals surface area contributed by atoms with Crippen molar-refractivity contribution in [2.45, 2.75) is 12.5 Å². The maximum atomic E-state index is 12.1. The summed E-state index contributed by atoms with van der Waals surface area (Å²) >= 11 is 3.62. The smallest absolute Gasteiger partial charge is 0.225 e. The van der Waals surface area contributed by atoms with Crippen LogP contribution in [0.3, 0.4) is 0 Å². The minimum absolute atomic E-state index is 0.0818. The van der Waals surface area contributed by atoms with Crippen LogP contribution in [0.4, 0.5) is 5.69 Å². The van der Waals surface area contributed by atoms with Crippen molar-refractivity contribution < 1.29 is 4.79 Å². The zero-order valence-electron chi connectivity index (χ0n) is 11.7. The second kappa shape index (κ2) is 7.11. The second-order valence-electron chi connectivity index (χ2n) is 5.04. The number of anilines is 1. The molecule has 1 aliphatic heterocycles. The fraction of sp³-hybridized carbons (Fsp3) is 0.312. The van der Waals surface area contributed by atoms with E-state index < -0.39 is 0 Å². The molecule has 0 bridgehead atoms. The van der Waals surface area contributed by atoms with Gasteiger partial charge in [0, 0.05) is 41.1 Å². The molecule has 1 aromatic carbocycles. The highest BCUT2D eigenvalue weighted by Gasteiger charge is 2.16. The molecule has 1 atom stereocenters. The van der Waals surface area contributed by atoms with E-state index in [1.165, 1.54) is 4.88 Å². The average molecular weight is 318 g/mol. The van der Waals surface area contributed by atoms with Gasteiger partial charge in [-0.25, -0.2) is 0 Å². The molecule has 0 saturated carbocycles. The van der Waals surface area contributed by atoms with E-state index >= 15 is 0 Å². The lowest BCUT2D eigenvalue weighted by Crippen LogP contribution is -2.39. The maximum absolute atomic E-state index is 12.1. The highest BCUT2D eigenvalue weighted by molar-refractivity contribution is 7.99. The number of thioether (sulfide) groups is 1. The van der Waals surface area contributed by atoms with Gasteiger partial charge in [0.15, 0.2) is 0 Å². The first-order chi connectivity index (χ1) is 10.3. The van der Waals surface area contributed by atoms with Gasteiger partial charge in [0.05, 0.1) is 0 Å². The van der Waals surface area contributed by atoms with E-state index in [2.05, 4.69) is 28.1 Å². The van der Waals surface area contributed by atoms with Gasteiger partial charge in [-0.3, -0.25) is 4.79 Å². The standard InChI is InChI=1S/C16H18N2OS2/c19-16(10-14-11-20-8-6-17-14)18-13-4-1-3-12(9-13)15-5-2-7-21-15/h1-5,7,9,14,17H,6,8,10-11H2,(H,18,19). The fourth-order valence-electron chi connectivity index (χ4n) is 2.38. The summed E-state index contributed by atoms with van der Waals surface area (Å²) in [6.07, 6.45) is 0.538. The predicted molar refractivity (Wildman–Crippen MR) is 92.1 cm³/mol. The number of carbonyl (C=O) groups is 1. The van der Waals surface area contributed by atoms with E-state index in [-0.39, 0.29) is 5.91 Å². The number of amides is 1. The van der Waals surface area contributed by atoms with Gasteiger partial charge in [0.2, 0.25) is 5.91 Å². The summed E-state index contributed by atoms with van der Waals surface area (Å²) in [5, 5.41) is 8.46. The van der Waals surface area contributed by atoms with Crippen LogP contribution in [-0.2, 0) is 4.79 Å². The summed E-state index contributed by atoms with van der Waals surface area (Å²) in [5.74, 6) is 2.24. The molecule has 3 nitrogen and oxygen atoms in total. The SMILES string of the molecule is O=C(CC1CSCCN1)Nc1cccc(-c2cccs2)c1. The van der Waals surface area contributed by atoms with Gasteiger partial charge in [0.25, 0.3) is 0 Å². The first-order valence-electron chi connectivity index (χ1n) is 7.06. The molecule has 1 aliphatic rings. The van der Waals surface area contributed by atoms with Crippen molar-refractivity contribution in [1.82, 2.24) is 5.32 Å². The Hall–Kier alpha value is -1.30. The summed E-state index contributed by atoms with van der Waals surface area (Å²) in [4.78, 5) is 13.3. The highest BCUT2D eigenvalue weighted by atomic mass is 32.2. The van der Waals surface area contributed by atoms with Crippen molar-refractivity contribution >= 4 is 34.7 Å². The number of benzene rings is 1. The van der Waals surface area contributed by atoms with Crippen LogP contribution in [0, 0.1) is 0 Å². The van der Waals surface area contributed by atoms with Crippen molar-refractivity contribution in [3.05, 3.63) is 41.8 Å². The molecule has 2 aromatic rings. The molecule has 0 spiro atoms. The third kappa shape index (κ3) is 4.09.